The van der Waals surface area contributed by atoms with E-state index < -0.39 is 0 Å². The molecule has 0 fully saturated rings. The molecule has 0 bridgehead atoms. The molecular formula is C21H22Na2. The quantitative estimate of drug-likeness (QED) is 0.574. The minimum absolute atomic E-state index is 0. The summed E-state index contributed by atoms with van der Waals surface area (Å²) in [6.45, 7) is 2.35. The van der Waals surface area contributed by atoms with Crippen LogP contribution < -0.4 is 59.1 Å². The molecule has 0 aromatic heterocycles. The summed E-state index contributed by atoms with van der Waals surface area (Å²) < 4.78 is 0. The first-order valence-corrected chi connectivity index (χ1v) is 7.87. The van der Waals surface area contributed by atoms with E-state index in [9.17, 15) is 0 Å². The van der Waals surface area contributed by atoms with Crippen molar-refractivity contribution in [1.82, 2.24) is 0 Å². The summed E-state index contributed by atoms with van der Waals surface area (Å²) in [5.74, 6) is 0.641. The summed E-state index contributed by atoms with van der Waals surface area (Å²) in [4.78, 5) is 0. The standard InChI is InChI=1S/C21H20.2Na.2H/c1-15(17-6-2-3-7-17)12-16-10-11-21-19(13-16)14-18-8-4-5-9-20(18)21;;;;/h2-6,8-11,13,15H,7,12,14H2,1H3;;;;/q;2*+1;2*-1. The van der Waals surface area contributed by atoms with E-state index in [2.05, 4.69) is 67.6 Å². The van der Waals surface area contributed by atoms with Crippen LogP contribution in [0.2, 0.25) is 0 Å². The molecule has 0 amide bonds. The third-order valence-corrected chi connectivity index (χ3v) is 4.83. The molecule has 0 N–H and O–H groups in total. The molecule has 0 radical (unpaired) electrons. The summed E-state index contributed by atoms with van der Waals surface area (Å²) in [7, 11) is 0. The van der Waals surface area contributed by atoms with E-state index in [1.807, 2.05) is 0 Å². The van der Waals surface area contributed by atoms with Gasteiger partial charge < -0.3 is 2.85 Å². The average molecular weight is 320 g/mol. The summed E-state index contributed by atoms with van der Waals surface area (Å²) in [5.41, 5.74) is 8.87. The zero-order valence-corrected chi connectivity index (χ0v) is 18.5. The fraction of sp³-hybridized carbons (Fsp3) is 0.238. The average Bonchev–Trinajstić information content (AvgIpc) is 3.14. The van der Waals surface area contributed by atoms with Crippen molar-refractivity contribution in [3.8, 4) is 11.1 Å². The third kappa shape index (κ3) is 3.95. The van der Waals surface area contributed by atoms with Crippen LogP contribution in [0.4, 0.5) is 0 Å². The number of fused-ring (bicyclic) bond motifs is 3. The van der Waals surface area contributed by atoms with Gasteiger partial charge in [-0.1, -0.05) is 73.2 Å². The maximum atomic E-state index is 2.43. The molecule has 2 aromatic carbocycles. The van der Waals surface area contributed by atoms with Crippen molar-refractivity contribution < 1.29 is 62.0 Å². The van der Waals surface area contributed by atoms with E-state index in [1.54, 1.807) is 5.57 Å². The van der Waals surface area contributed by atoms with Crippen molar-refractivity contribution >= 4 is 0 Å². The molecule has 4 rings (SSSR count). The van der Waals surface area contributed by atoms with Gasteiger partial charge in [0.15, 0.2) is 0 Å². The number of hydrogen-bond donors (Lipinski definition) is 0. The van der Waals surface area contributed by atoms with Gasteiger partial charge in [-0.05, 0) is 53.0 Å². The second-order valence-corrected chi connectivity index (χ2v) is 6.30. The molecule has 0 nitrogen and oxygen atoms in total. The van der Waals surface area contributed by atoms with E-state index >= 15 is 0 Å². The molecule has 0 aliphatic heterocycles. The van der Waals surface area contributed by atoms with Gasteiger partial charge in [0.1, 0.15) is 0 Å². The predicted octanol–water partition coefficient (Wildman–Crippen LogP) is -0.444. The Morgan fingerprint density at radius 1 is 1.00 bits per heavy atom. The second kappa shape index (κ2) is 8.34. The van der Waals surface area contributed by atoms with E-state index in [4.69, 9.17) is 0 Å². The first kappa shape index (κ1) is 19.2. The SMILES string of the molecule is CC(Cc1ccc2c(c1)Cc1ccccc1-2)C1=CC=CC1.[H-].[H-].[Na+].[Na+]. The Kier molecular flexibility index (Phi) is 6.98. The maximum Gasteiger partial charge on any atom is 1.00 e. The first-order chi connectivity index (χ1) is 10.3. The largest absolute Gasteiger partial charge is 1.00 e. The zero-order chi connectivity index (χ0) is 14.2. The van der Waals surface area contributed by atoms with Gasteiger partial charge in [-0.2, -0.15) is 0 Å². The Balaban J connectivity index is 0.00000144. The van der Waals surface area contributed by atoms with Gasteiger partial charge in [0, 0.05) is 0 Å². The second-order valence-electron chi connectivity index (χ2n) is 6.30. The van der Waals surface area contributed by atoms with Crippen LogP contribution in [0.25, 0.3) is 11.1 Å². The molecule has 2 aliphatic carbocycles. The third-order valence-electron chi connectivity index (χ3n) is 4.83. The van der Waals surface area contributed by atoms with E-state index in [1.165, 1.54) is 27.8 Å². The predicted molar refractivity (Wildman–Crippen MR) is 91.6 cm³/mol. The van der Waals surface area contributed by atoms with Crippen LogP contribution in [-0.4, -0.2) is 0 Å². The Bertz CT molecular complexity index is 766. The van der Waals surface area contributed by atoms with Crippen molar-refractivity contribution in [3.05, 3.63) is 83.0 Å². The molecule has 2 aliphatic rings. The molecule has 2 aromatic rings. The van der Waals surface area contributed by atoms with Crippen LogP contribution in [0.1, 0.15) is 32.9 Å². The summed E-state index contributed by atoms with van der Waals surface area (Å²) in [6.07, 6.45) is 10.1. The Hall–Kier alpha value is -0.0800. The fourth-order valence-electron chi connectivity index (χ4n) is 3.64. The fourth-order valence-corrected chi connectivity index (χ4v) is 3.64. The van der Waals surface area contributed by atoms with Gasteiger partial charge in [0.05, 0.1) is 0 Å². The molecule has 1 unspecified atom stereocenters. The molecule has 0 heterocycles. The molecule has 108 valence electrons. The van der Waals surface area contributed by atoms with Crippen molar-refractivity contribution in [1.29, 1.82) is 0 Å². The van der Waals surface area contributed by atoms with Gasteiger partial charge in [-0.25, -0.2) is 0 Å². The summed E-state index contributed by atoms with van der Waals surface area (Å²) in [5, 5.41) is 0. The number of allylic oxidation sites excluding steroid dienone is 4. The molecule has 0 saturated carbocycles. The molecule has 0 spiro atoms. The smallest absolute Gasteiger partial charge is 1.00 e. The van der Waals surface area contributed by atoms with E-state index in [0.29, 0.717) is 5.92 Å². The van der Waals surface area contributed by atoms with Crippen LogP contribution in [0.3, 0.4) is 0 Å². The molecule has 0 saturated heterocycles. The Morgan fingerprint density at radius 3 is 2.57 bits per heavy atom. The number of hydrogen-bond acceptors (Lipinski definition) is 0. The number of benzene rings is 2. The number of rotatable bonds is 3. The van der Waals surface area contributed by atoms with Gasteiger partial charge in [0.2, 0.25) is 0 Å². The monoisotopic (exact) mass is 320 g/mol. The molecule has 1 atom stereocenters. The first-order valence-electron chi connectivity index (χ1n) is 7.87. The normalized spacial score (nSPS) is 15.1. The van der Waals surface area contributed by atoms with Crippen LogP contribution in [-0.2, 0) is 12.8 Å². The van der Waals surface area contributed by atoms with E-state index in [-0.39, 0.29) is 62.0 Å². The van der Waals surface area contributed by atoms with Crippen molar-refractivity contribution in [2.45, 2.75) is 26.2 Å². The summed E-state index contributed by atoms with van der Waals surface area (Å²) in [6, 6.07) is 15.9. The Labute approximate surface area is 186 Å². The van der Waals surface area contributed by atoms with Gasteiger partial charge in [-0.15, -0.1) is 0 Å². The van der Waals surface area contributed by atoms with Gasteiger partial charge >= 0.3 is 59.1 Å². The van der Waals surface area contributed by atoms with Crippen LogP contribution in [0.15, 0.2) is 66.3 Å². The maximum absolute atomic E-state index is 2.43. The summed E-state index contributed by atoms with van der Waals surface area (Å²) >= 11 is 0. The zero-order valence-electron chi connectivity index (χ0n) is 16.5. The minimum atomic E-state index is 0. The van der Waals surface area contributed by atoms with Crippen molar-refractivity contribution in [3.63, 3.8) is 0 Å². The Morgan fingerprint density at radius 2 is 1.78 bits per heavy atom. The minimum Gasteiger partial charge on any atom is -1.00 e. The molecule has 23 heavy (non-hydrogen) atoms. The van der Waals surface area contributed by atoms with E-state index in [0.717, 1.165) is 19.3 Å². The topological polar surface area (TPSA) is 0 Å². The van der Waals surface area contributed by atoms with Crippen molar-refractivity contribution in [2.75, 3.05) is 0 Å². The molecule has 2 heteroatoms. The van der Waals surface area contributed by atoms with Crippen LogP contribution in [0.5, 0.6) is 0 Å². The van der Waals surface area contributed by atoms with Gasteiger partial charge in [-0.3, -0.25) is 0 Å². The van der Waals surface area contributed by atoms with Gasteiger partial charge in [0.25, 0.3) is 0 Å². The van der Waals surface area contributed by atoms with Crippen LogP contribution >= 0.6 is 0 Å². The van der Waals surface area contributed by atoms with Crippen molar-refractivity contribution in [2.24, 2.45) is 5.92 Å². The molecular weight excluding hydrogens is 298 g/mol. The van der Waals surface area contributed by atoms with Crippen LogP contribution in [0, 0.1) is 5.92 Å².